The Bertz CT molecular complexity index is 427. The van der Waals surface area contributed by atoms with E-state index in [9.17, 15) is 4.79 Å². The molecule has 1 atom stereocenters. The second kappa shape index (κ2) is 4.39. The lowest BCUT2D eigenvalue weighted by Crippen LogP contribution is -2.27. The zero-order chi connectivity index (χ0) is 11.6. The molecule has 0 aliphatic carbocycles. The van der Waals surface area contributed by atoms with E-state index in [1.807, 2.05) is 30.3 Å². The Balaban J connectivity index is 1.99. The SMILES string of the molecule is CC1(OCc2ccccc2)C=C(Br)C(=O)O1. The quantitative estimate of drug-likeness (QED) is 0.800. The Hall–Kier alpha value is -1.13. The minimum atomic E-state index is -0.967. The van der Waals surface area contributed by atoms with Crippen molar-refractivity contribution in [3.63, 3.8) is 0 Å². The van der Waals surface area contributed by atoms with Gasteiger partial charge in [0.05, 0.1) is 6.61 Å². The molecule has 0 amide bonds. The first-order chi connectivity index (χ1) is 7.59. The Morgan fingerprint density at radius 3 is 2.62 bits per heavy atom. The molecule has 1 aromatic carbocycles. The smallest absolute Gasteiger partial charge is 0.347 e. The summed E-state index contributed by atoms with van der Waals surface area (Å²) in [5, 5.41) is 0. The molecular weight excluding hydrogens is 272 g/mol. The van der Waals surface area contributed by atoms with E-state index in [-0.39, 0.29) is 0 Å². The van der Waals surface area contributed by atoms with Gasteiger partial charge in [0.1, 0.15) is 4.48 Å². The highest BCUT2D eigenvalue weighted by atomic mass is 79.9. The monoisotopic (exact) mass is 282 g/mol. The molecule has 1 aliphatic heterocycles. The van der Waals surface area contributed by atoms with Crippen LogP contribution in [-0.2, 0) is 20.9 Å². The van der Waals surface area contributed by atoms with Gasteiger partial charge in [-0.1, -0.05) is 30.3 Å². The molecule has 3 nitrogen and oxygen atoms in total. The van der Waals surface area contributed by atoms with Gasteiger partial charge in [-0.25, -0.2) is 4.79 Å². The summed E-state index contributed by atoms with van der Waals surface area (Å²) in [6.45, 7) is 2.11. The summed E-state index contributed by atoms with van der Waals surface area (Å²) in [5.41, 5.74) is 1.04. The Kier molecular flexibility index (Phi) is 3.12. The van der Waals surface area contributed by atoms with Crippen LogP contribution in [-0.4, -0.2) is 11.8 Å². The van der Waals surface area contributed by atoms with Crippen LogP contribution < -0.4 is 0 Å². The number of hydrogen-bond donors (Lipinski definition) is 0. The number of hydrogen-bond acceptors (Lipinski definition) is 3. The van der Waals surface area contributed by atoms with E-state index >= 15 is 0 Å². The fourth-order valence-electron chi connectivity index (χ4n) is 1.42. The maximum atomic E-state index is 11.2. The number of halogens is 1. The normalized spacial score (nSPS) is 24.1. The van der Waals surface area contributed by atoms with E-state index in [2.05, 4.69) is 15.9 Å². The third-order valence-corrected chi connectivity index (χ3v) is 2.80. The maximum absolute atomic E-state index is 11.2. The lowest BCUT2D eigenvalue weighted by Gasteiger charge is -2.21. The molecule has 2 rings (SSSR count). The molecule has 1 unspecified atom stereocenters. The van der Waals surface area contributed by atoms with Crippen molar-refractivity contribution in [1.82, 2.24) is 0 Å². The predicted molar refractivity (Wildman–Crippen MR) is 62.7 cm³/mol. The summed E-state index contributed by atoms with van der Waals surface area (Å²) >= 11 is 3.11. The van der Waals surface area contributed by atoms with E-state index in [0.717, 1.165) is 5.56 Å². The van der Waals surface area contributed by atoms with E-state index in [1.165, 1.54) is 0 Å². The molecule has 16 heavy (non-hydrogen) atoms. The van der Waals surface area contributed by atoms with Crippen LogP contribution in [0.4, 0.5) is 0 Å². The van der Waals surface area contributed by atoms with Crippen molar-refractivity contribution in [2.24, 2.45) is 0 Å². The maximum Gasteiger partial charge on any atom is 0.347 e. The summed E-state index contributed by atoms with van der Waals surface area (Å²) in [6.07, 6.45) is 1.62. The number of rotatable bonds is 3. The summed E-state index contributed by atoms with van der Waals surface area (Å²) in [7, 11) is 0. The predicted octanol–water partition coefficient (Wildman–Crippen LogP) is 2.76. The molecular formula is C12H11BrO3. The summed E-state index contributed by atoms with van der Waals surface area (Å²) in [4.78, 5) is 11.2. The van der Waals surface area contributed by atoms with E-state index in [1.54, 1.807) is 13.0 Å². The minimum absolute atomic E-state index is 0.393. The zero-order valence-electron chi connectivity index (χ0n) is 8.77. The fourth-order valence-corrected chi connectivity index (χ4v) is 1.92. The van der Waals surface area contributed by atoms with Gasteiger partial charge < -0.3 is 9.47 Å². The average molecular weight is 283 g/mol. The molecule has 1 aromatic rings. The van der Waals surface area contributed by atoms with Crippen molar-refractivity contribution in [3.05, 3.63) is 46.5 Å². The van der Waals surface area contributed by atoms with E-state index in [0.29, 0.717) is 11.1 Å². The van der Waals surface area contributed by atoms with Gasteiger partial charge in [-0.2, -0.15) is 0 Å². The van der Waals surface area contributed by atoms with Gasteiger partial charge in [-0.15, -0.1) is 0 Å². The van der Waals surface area contributed by atoms with Crippen molar-refractivity contribution < 1.29 is 14.3 Å². The van der Waals surface area contributed by atoms with Crippen LogP contribution in [0.2, 0.25) is 0 Å². The third-order valence-electron chi connectivity index (χ3n) is 2.25. The Labute approximate surface area is 102 Å². The second-order valence-corrected chi connectivity index (χ2v) is 4.53. The highest BCUT2D eigenvalue weighted by Gasteiger charge is 2.35. The summed E-state index contributed by atoms with van der Waals surface area (Å²) in [6, 6.07) is 9.73. The molecule has 0 fully saturated rings. The molecule has 0 N–H and O–H groups in total. The van der Waals surface area contributed by atoms with Crippen molar-refractivity contribution in [3.8, 4) is 0 Å². The molecule has 84 valence electrons. The van der Waals surface area contributed by atoms with Crippen LogP contribution in [0, 0.1) is 0 Å². The van der Waals surface area contributed by atoms with Gasteiger partial charge in [0.25, 0.3) is 0 Å². The molecule has 0 aromatic heterocycles. The second-order valence-electron chi connectivity index (χ2n) is 3.67. The highest BCUT2D eigenvalue weighted by Crippen LogP contribution is 2.29. The lowest BCUT2D eigenvalue weighted by atomic mass is 10.2. The zero-order valence-corrected chi connectivity index (χ0v) is 10.4. The van der Waals surface area contributed by atoms with Crippen LogP contribution in [0.25, 0.3) is 0 Å². The Morgan fingerprint density at radius 1 is 1.38 bits per heavy atom. The van der Waals surface area contributed by atoms with Gasteiger partial charge in [0, 0.05) is 13.0 Å². The first-order valence-corrected chi connectivity index (χ1v) is 5.68. The van der Waals surface area contributed by atoms with Gasteiger partial charge in [0.2, 0.25) is 5.79 Å². The van der Waals surface area contributed by atoms with Crippen LogP contribution >= 0.6 is 15.9 Å². The molecule has 0 radical (unpaired) electrons. The van der Waals surface area contributed by atoms with Crippen LogP contribution in [0.3, 0.4) is 0 Å². The Morgan fingerprint density at radius 2 is 2.06 bits per heavy atom. The van der Waals surface area contributed by atoms with Gasteiger partial charge in [-0.3, -0.25) is 0 Å². The van der Waals surface area contributed by atoms with E-state index in [4.69, 9.17) is 9.47 Å². The molecule has 4 heteroatoms. The number of cyclic esters (lactones) is 1. The van der Waals surface area contributed by atoms with Crippen molar-refractivity contribution >= 4 is 21.9 Å². The average Bonchev–Trinajstić information content (AvgIpc) is 2.53. The lowest BCUT2D eigenvalue weighted by molar-refractivity contribution is -0.194. The number of carbonyl (C=O) groups is 1. The van der Waals surface area contributed by atoms with Crippen LogP contribution in [0.1, 0.15) is 12.5 Å². The highest BCUT2D eigenvalue weighted by molar-refractivity contribution is 9.12. The number of benzene rings is 1. The number of esters is 1. The molecule has 0 spiro atoms. The topological polar surface area (TPSA) is 35.5 Å². The molecule has 1 aliphatic rings. The number of carbonyl (C=O) groups excluding carboxylic acids is 1. The first-order valence-electron chi connectivity index (χ1n) is 4.89. The van der Waals surface area contributed by atoms with Gasteiger partial charge in [0.15, 0.2) is 0 Å². The molecule has 1 heterocycles. The first kappa shape index (κ1) is 11.4. The van der Waals surface area contributed by atoms with Gasteiger partial charge >= 0.3 is 5.97 Å². The van der Waals surface area contributed by atoms with Crippen molar-refractivity contribution in [1.29, 1.82) is 0 Å². The fraction of sp³-hybridized carbons (Fsp3) is 0.250. The summed E-state index contributed by atoms with van der Waals surface area (Å²) in [5.74, 6) is -1.36. The van der Waals surface area contributed by atoms with Crippen LogP contribution in [0.15, 0.2) is 40.9 Å². The third kappa shape index (κ3) is 2.51. The number of ether oxygens (including phenoxy) is 2. The minimum Gasteiger partial charge on any atom is -0.425 e. The largest absolute Gasteiger partial charge is 0.425 e. The molecule has 0 saturated carbocycles. The summed E-state index contributed by atoms with van der Waals surface area (Å²) < 4.78 is 11.1. The molecule has 0 saturated heterocycles. The van der Waals surface area contributed by atoms with Crippen molar-refractivity contribution in [2.75, 3.05) is 0 Å². The molecule has 0 bridgehead atoms. The standard InChI is InChI=1S/C12H11BrO3/c1-12(7-10(13)11(14)16-12)15-8-9-5-3-2-4-6-9/h2-7H,8H2,1H3. The van der Waals surface area contributed by atoms with Gasteiger partial charge in [-0.05, 0) is 21.5 Å². The van der Waals surface area contributed by atoms with Crippen LogP contribution in [0.5, 0.6) is 0 Å². The van der Waals surface area contributed by atoms with Crippen molar-refractivity contribution in [2.45, 2.75) is 19.3 Å². The van der Waals surface area contributed by atoms with E-state index < -0.39 is 11.8 Å².